The summed E-state index contributed by atoms with van der Waals surface area (Å²) < 4.78 is 5.27. The van der Waals surface area contributed by atoms with Crippen molar-refractivity contribution in [1.29, 1.82) is 0 Å². The van der Waals surface area contributed by atoms with Crippen LogP contribution in [0.2, 0.25) is 0 Å². The van der Waals surface area contributed by atoms with Crippen LogP contribution in [0.4, 0.5) is 5.69 Å². The number of anilines is 1. The molecule has 88 valence electrons. The number of nitrogens with zero attached hydrogens (tertiary/aromatic N) is 1. The van der Waals surface area contributed by atoms with E-state index in [-0.39, 0.29) is 0 Å². The summed E-state index contributed by atoms with van der Waals surface area (Å²) >= 11 is 0. The summed E-state index contributed by atoms with van der Waals surface area (Å²) in [4.78, 5) is 12.8. The van der Waals surface area contributed by atoms with E-state index in [1.807, 2.05) is 39.0 Å². The van der Waals surface area contributed by atoms with Crippen LogP contribution in [0.25, 0.3) is 0 Å². The minimum Gasteiger partial charge on any atom is -0.380 e. The zero-order valence-electron chi connectivity index (χ0n) is 10.2. The molecule has 0 aliphatic heterocycles. The zero-order valence-corrected chi connectivity index (χ0v) is 10.2. The van der Waals surface area contributed by atoms with Crippen LogP contribution < -0.4 is 4.90 Å². The summed E-state index contributed by atoms with van der Waals surface area (Å²) in [7, 11) is 0. The van der Waals surface area contributed by atoms with Crippen molar-refractivity contribution >= 4 is 12.1 Å². The minimum absolute atomic E-state index is 0.572. The fraction of sp³-hybridized carbons (Fsp3) is 0.462. The van der Waals surface area contributed by atoms with Crippen molar-refractivity contribution < 1.29 is 9.53 Å². The molecule has 0 fully saturated rings. The van der Waals surface area contributed by atoms with Gasteiger partial charge in [0.05, 0.1) is 6.61 Å². The van der Waals surface area contributed by atoms with Gasteiger partial charge in [-0.05, 0) is 31.9 Å². The highest BCUT2D eigenvalue weighted by Gasteiger charge is 2.10. The Morgan fingerprint density at radius 3 is 2.44 bits per heavy atom. The van der Waals surface area contributed by atoms with Crippen LogP contribution in [0.3, 0.4) is 0 Å². The maximum Gasteiger partial charge on any atom is 0.214 e. The van der Waals surface area contributed by atoms with Gasteiger partial charge in [0.25, 0.3) is 0 Å². The van der Waals surface area contributed by atoms with Gasteiger partial charge in [-0.15, -0.1) is 0 Å². The molecule has 0 saturated heterocycles. The van der Waals surface area contributed by atoms with Crippen molar-refractivity contribution in [1.82, 2.24) is 0 Å². The molecule has 0 aromatic heterocycles. The van der Waals surface area contributed by atoms with E-state index < -0.39 is 0 Å². The molecule has 16 heavy (non-hydrogen) atoms. The van der Waals surface area contributed by atoms with Crippen LogP contribution in [0.5, 0.6) is 0 Å². The predicted molar refractivity (Wildman–Crippen MR) is 65.8 cm³/mol. The van der Waals surface area contributed by atoms with Gasteiger partial charge in [0.15, 0.2) is 0 Å². The van der Waals surface area contributed by atoms with E-state index in [9.17, 15) is 4.79 Å². The Kier molecular flexibility index (Phi) is 4.99. The first-order valence-electron chi connectivity index (χ1n) is 5.56. The molecule has 0 unspecified atom stereocenters. The molecule has 0 atom stereocenters. The largest absolute Gasteiger partial charge is 0.380 e. The third-order valence-corrected chi connectivity index (χ3v) is 2.53. The average molecular weight is 221 g/mol. The third kappa shape index (κ3) is 3.07. The Bertz CT molecular complexity index is 330. The van der Waals surface area contributed by atoms with Gasteiger partial charge in [-0.1, -0.05) is 18.2 Å². The van der Waals surface area contributed by atoms with E-state index in [0.29, 0.717) is 19.8 Å². The molecule has 0 bridgehead atoms. The van der Waals surface area contributed by atoms with Gasteiger partial charge >= 0.3 is 0 Å². The van der Waals surface area contributed by atoms with E-state index in [4.69, 9.17) is 4.74 Å². The molecule has 0 radical (unpaired) electrons. The second-order valence-electron chi connectivity index (χ2n) is 3.74. The fourth-order valence-electron chi connectivity index (χ4n) is 1.78. The molecular weight excluding hydrogens is 202 g/mol. The van der Waals surface area contributed by atoms with Gasteiger partial charge in [0.1, 0.15) is 0 Å². The van der Waals surface area contributed by atoms with Crippen molar-refractivity contribution in [2.24, 2.45) is 0 Å². The van der Waals surface area contributed by atoms with E-state index in [1.165, 1.54) is 0 Å². The lowest BCUT2D eigenvalue weighted by Crippen LogP contribution is -2.27. The quantitative estimate of drug-likeness (QED) is 0.545. The molecule has 0 aliphatic carbocycles. The zero-order chi connectivity index (χ0) is 12.0. The molecule has 1 amide bonds. The van der Waals surface area contributed by atoms with Gasteiger partial charge in [-0.25, -0.2) is 0 Å². The first-order valence-corrected chi connectivity index (χ1v) is 5.56. The van der Waals surface area contributed by atoms with Gasteiger partial charge in [-0.3, -0.25) is 4.79 Å². The number of hydrogen-bond donors (Lipinski definition) is 0. The Morgan fingerprint density at radius 2 is 1.94 bits per heavy atom. The van der Waals surface area contributed by atoms with Crippen LogP contribution in [-0.2, 0) is 9.53 Å². The molecule has 3 nitrogen and oxygen atoms in total. The van der Waals surface area contributed by atoms with E-state index in [1.54, 1.807) is 4.90 Å². The molecule has 1 aromatic rings. The first-order chi connectivity index (χ1) is 7.70. The number of benzene rings is 1. The van der Waals surface area contributed by atoms with E-state index >= 15 is 0 Å². The van der Waals surface area contributed by atoms with Crippen LogP contribution >= 0.6 is 0 Å². The van der Waals surface area contributed by atoms with Gasteiger partial charge in [0, 0.05) is 18.8 Å². The topological polar surface area (TPSA) is 29.5 Å². The maximum absolute atomic E-state index is 11.1. The normalized spacial score (nSPS) is 10.2. The number of para-hydroxylation sites is 1. The third-order valence-electron chi connectivity index (χ3n) is 2.53. The number of ether oxygens (including phenoxy) is 1. The Morgan fingerprint density at radius 1 is 1.31 bits per heavy atom. The monoisotopic (exact) mass is 221 g/mol. The fourth-order valence-corrected chi connectivity index (χ4v) is 1.78. The minimum atomic E-state index is 0.572. The molecule has 1 aromatic carbocycles. The Balaban J connectivity index is 2.82. The van der Waals surface area contributed by atoms with Gasteiger partial charge < -0.3 is 9.64 Å². The lowest BCUT2D eigenvalue weighted by Gasteiger charge is -2.21. The molecular formula is C13H19NO2. The molecule has 0 spiro atoms. The van der Waals surface area contributed by atoms with Gasteiger partial charge in [-0.2, -0.15) is 0 Å². The molecule has 0 N–H and O–H groups in total. The Hall–Kier alpha value is -1.35. The highest BCUT2D eigenvalue weighted by molar-refractivity contribution is 5.78. The van der Waals surface area contributed by atoms with Crippen molar-refractivity contribution in [3.8, 4) is 0 Å². The van der Waals surface area contributed by atoms with Crippen LogP contribution in [0.1, 0.15) is 18.1 Å². The summed E-state index contributed by atoms with van der Waals surface area (Å²) in [6, 6.07) is 6.03. The molecule has 3 heteroatoms. The summed E-state index contributed by atoms with van der Waals surface area (Å²) in [5.41, 5.74) is 3.23. The highest BCUT2D eigenvalue weighted by Crippen LogP contribution is 2.23. The Labute approximate surface area is 97.0 Å². The number of carbonyl (C=O) groups excluding carboxylic acids is 1. The van der Waals surface area contributed by atoms with Crippen LogP contribution in [0.15, 0.2) is 18.2 Å². The summed E-state index contributed by atoms with van der Waals surface area (Å²) in [5.74, 6) is 0. The van der Waals surface area contributed by atoms with Crippen molar-refractivity contribution in [3.63, 3.8) is 0 Å². The molecule has 0 aliphatic rings. The maximum atomic E-state index is 11.1. The van der Waals surface area contributed by atoms with Crippen LogP contribution in [0, 0.1) is 13.8 Å². The smallest absolute Gasteiger partial charge is 0.214 e. The molecule has 1 rings (SSSR count). The van der Waals surface area contributed by atoms with E-state index in [0.717, 1.165) is 23.2 Å². The lowest BCUT2D eigenvalue weighted by molar-refractivity contribution is -0.107. The second kappa shape index (κ2) is 6.28. The number of carbonyl (C=O) groups is 1. The standard InChI is InChI=1S/C13H19NO2/c1-4-16-9-8-14(10-15)13-11(2)6-5-7-12(13)3/h5-7,10H,4,8-9H2,1-3H3. The second-order valence-corrected chi connectivity index (χ2v) is 3.74. The SMILES string of the molecule is CCOCCN(C=O)c1c(C)cccc1C. The number of hydrogen-bond acceptors (Lipinski definition) is 2. The highest BCUT2D eigenvalue weighted by atomic mass is 16.5. The average Bonchev–Trinajstić information content (AvgIpc) is 2.26. The number of rotatable bonds is 6. The summed E-state index contributed by atoms with van der Waals surface area (Å²) in [6.07, 6.45) is 0.869. The van der Waals surface area contributed by atoms with Gasteiger partial charge in [0.2, 0.25) is 6.41 Å². The number of amides is 1. The molecule has 0 heterocycles. The summed E-state index contributed by atoms with van der Waals surface area (Å²) in [6.45, 7) is 7.83. The van der Waals surface area contributed by atoms with Crippen molar-refractivity contribution in [2.45, 2.75) is 20.8 Å². The lowest BCUT2D eigenvalue weighted by atomic mass is 10.1. The van der Waals surface area contributed by atoms with Crippen molar-refractivity contribution in [2.75, 3.05) is 24.7 Å². The predicted octanol–water partition coefficient (Wildman–Crippen LogP) is 2.30. The van der Waals surface area contributed by atoms with Crippen LogP contribution in [-0.4, -0.2) is 26.2 Å². The summed E-state index contributed by atoms with van der Waals surface area (Å²) in [5, 5.41) is 0. The number of aryl methyl sites for hydroxylation is 2. The first kappa shape index (κ1) is 12.7. The molecule has 0 saturated carbocycles. The van der Waals surface area contributed by atoms with E-state index in [2.05, 4.69) is 0 Å². The van der Waals surface area contributed by atoms with Crippen molar-refractivity contribution in [3.05, 3.63) is 29.3 Å².